The second kappa shape index (κ2) is 4.18. The van der Waals surface area contributed by atoms with Gasteiger partial charge in [-0.05, 0) is 24.2 Å². The molecular formula is C13H22O4Si. The van der Waals surface area contributed by atoms with E-state index in [9.17, 15) is 4.79 Å². The van der Waals surface area contributed by atoms with E-state index in [1.807, 2.05) is 0 Å². The van der Waals surface area contributed by atoms with Crippen LogP contribution in [-0.2, 0) is 14.0 Å². The van der Waals surface area contributed by atoms with Gasteiger partial charge in [-0.25, -0.2) is 4.79 Å². The SMILES string of the molecule is CC(C)(C)[Si](C)(C)O[C@H]1C=C(C(=O)O)C[C@H]2O[C@@H]12. The van der Waals surface area contributed by atoms with E-state index in [1.165, 1.54) is 0 Å². The Labute approximate surface area is 109 Å². The Kier molecular flexibility index (Phi) is 3.20. The number of aliphatic carboxylic acids is 1. The van der Waals surface area contributed by atoms with Gasteiger partial charge in [0.05, 0.1) is 12.2 Å². The molecule has 1 aliphatic heterocycles. The number of ether oxygens (including phenoxy) is 1. The van der Waals surface area contributed by atoms with Gasteiger partial charge in [0, 0.05) is 12.0 Å². The van der Waals surface area contributed by atoms with Crippen molar-refractivity contribution in [1.82, 2.24) is 0 Å². The fourth-order valence-corrected chi connectivity index (χ4v) is 3.20. The molecule has 1 aliphatic carbocycles. The van der Waals surface area contributed by atoms with Crippen molar-refractivity contribution in [2.75, 3.05) is 0 Å². The molecule has 0 radical (unpaired) electrons. The lowest BCUT2D eigenvalue weighted by molar-refractivity contribution is -0.133. The first-order chi connectivity index (χ1) is 8.12. The number of rotatable bonds is 3. The lowest BCUT2D eigenvalue weighted by Crippen LogP contribution is -2.45. The molecule has 0 aromatic carbocycles. The van der Waals surface area contributed by atoms with Gasteiger partial charge >= 0.3 is 5.97 Å². The van der Waals surface area contributed by atoms with Crippen LogP contribution in [0.4, 0.5) is 0 Å². The summed E-state index contributed by atoms with van der Waals surface area (Å²) >= 11 is 0. The number of hydrogen-bond donors (Lipinski definition) is 1. The van der Waals surface area contributed by atoms with Crippen molar-refractivity contribution in [2.24, 2.45) is 0 Å². The first-order valence-corrected chi connectivity index (χ1v) is 9.30. The number of carbonyl (C=O) groups is 1. The number of carboxylic acid groups (broad SMARTS) is 1. The normalized spacial score (nSPS) is 31.6. The Morgan fingerprint density at radius 1 is 1.50 bits per heavy atom. The smallest absolute Gasteiger partial charge is 0.331 e. The lowest BCUT2D eigenvalue weighted by Gasteiger charge is -2.38. The minimum Gasteiger partial charge on any atom is -0.478 e. The van der Waals surface area contributed by atoms with Gasteiger partial charge in [-0.3, -0.25) is 0 Å². The highest BCUT2D eigenvalue weighted by atomic mass is 28.4. The Balaban J connectivity index is 2.14. The highest BCUT2D eigenvalue weighted by Crippen LogP contribution is 2.43. The molecule has 0 aromatic rings. The Morgan fingerprint density at radius 2 is 2.11 bits per heavy atom. The monoisotopic (exact) mass is 270 g/mol. The summed E-state index contributed by atoms with van der Waals surface area (Å²) in [7, 11) is -1.89. The maximum absolute atomic E-state index is 11.1. The van der Waals surface area contributed by atoms with Gasteiger partial charge in [0.1, 0.15) is 6.10 Å². The van der Waals surface area contributed by atoms with Crippen molar-refractivity contribution in [3.05, 3.63) is 11.6 Å². The number of hydrogen-bond acceptors (Lipinski definition) is 3. The number of epoxide rings is 1. The maximum Gasteiger partial charge on any atom is 0.331 e. The molecule has 1 heterocycles. The van der Waals surface area contributed by atoms with Crippen LogP contribution in [0, 0.1) is 0 Å². The van der Waals surface area contributed by atoms with Crippen LogP contribution in [0.3, 0.4) is 0 Å². The molecule has 0 spiro atoms. The van der Waals surface area contributed by atoms with Gasteiger partial charge in [0.2, 0.25) is 0 Å². The minimum absolute atomic E-state index is 0.0517. The Hall–Kier alpha value is -0.653. The molecule has 2 aliphatic rings. The molecule has 3 atom stereocenters. The van der Waals surface area contributed by atoms with Gasteiger partial charge in [-0.1, -0.05) is 20.8 Å². The summed E-state index contributed by atoms with van der Waals surface area (Å²) in [4.78, 5) is 11.1. The molecule has 1 N–H and O–H groups in total. The van der Waals surface area contributed by atoms with Crippen molar-refractivity contribution in [3.8, 4) is 0 Å². The number of carboxylic acids is 1. The second-order valence-corrected chi connectivity index (χ2v) is 11.4. The highest BCUT2D eigenvalue weighted by molar-refractivity contribution is 6.74. The molecule has 0 unspecified atom stereocenters. The third-order valence-electron chi connectivity index (χ3n) is 4.24. The van der Waals surface area contributed by atoms with Crippen molar-refractivity contribution >= 4 is 14.3 Å². The summed E-state index contributed by atoms with van der Waals surface area (Å²) in [5.41, 5.74) is 0.428. The average Bonchev–Trinajstić information content (AvgIpc) is 2.93. The molecular weight excluding hydrogens is 248 g/mol. The van der Waals surface area contributed by atoms with Crippen molar-refractivity contribution in [1.29, 1.82) is 0 Å². The summed E-state index contributed by atoms with van der Waals surface area (Å²) in [6.45, 7) is 10.9. The summed E-state index contributed by atoms with van der Waals surface area (Å²) in [5.74, 6) is -0.854. The molecule has 5 heteroatoms. The molecule has 0 saturated carbocycles. The fourth-order valence-electron chi connectivity index (χ4n) is 1.96. The van der Waals surface area contributed by atoms with Gasteiger partial charge in [-0.2, -0.15) is 0 Å². The van der Waals surface area contributed by atoms with E-state index >= 15 is 0 Å². The van der Waals surface area contributed by atoms with Crippen LogP contribution >= 0.6 is 0 Å². The van der Waals surface area contributed by atoms with E-state index in [1.54, 1.807) is 6.08 Å². The van der Waals surface area contributed by atoms with E-state index in [0.717, 1.165) is 0 Å². The second-order valence-electron chi connectivity index (χ2n) is 6.68. The molecule has 1 saturated heterocycles. The first-order valence-electron chi connectivity index (χ1n) is 6.39. The molecule has 0 amide bonds. The molecule has 18 heavy (non-hydrogen) atoms. The quantitative estimate of drug-likeness (QED) is 0.632. The van der Waals surface area contributed by atoms with Crippen LogP contribution in [0.2, 0.25) is 18.1 Å². The minimum atomic E-state index is -1.89. The van der Waals surface area contributed by atoms with Crippen LogP contribution in [-0.4, -0.2) is 37.7 Å². The topological polar surface area (TPSA) is 59.1 Å². The van der Waals surface area contributed by atoms with Crippen LogP contribution < -0.4 is 0 Å². The van der Waals surface area contributed by atoms with Gasteiger partial charge in [0.25, 0.3) is 0 Å². The Morgan fingerprint density at radius 3 is 2.61 bits per heavy atom. The van der Waals surface area contributed by atoms with E-state index in [2.05, 4.69) is 33.9 Å². The summed E-state index contributed by atoms with van der Waals surface area (Å²) in [6, 6.07) is 0. The summed E-state index contributed by atoms with van der Waals surface area (Å²) < 4.78 is 11.8. The van der Waals surface area contributed by atoms with E-state index in [4.69, 9.17) is 14.3 Å². The largest absolute Gasteiger partial charge is 0.478 e. The Bertz CT molecular complexity index is 394. The molecule has 0 bridgehead atoms. The average molecular weight is 270 g/mol. The standard InChI is InChI=1S/C13H22O4Si/c1-13(2,3)18(4,5)17-10-7-8(12(14)15)6-9-11(10)16-9/h7,9-11H,6H2,1-5H3,(H,14,15)/t9-,10+,11-/m1/s1. The third kappa shape index (κ3) is 2.53. The lowest BCUT2D eigenvalue weighted by atomic mass is 9.98. The van der Waals surface area contributed by atoms with Gasteiger partial charge in [0.15, 0.2) is 8.32 Å². The van der Waals surface area contributed by atoms with Crippen LogP contribution in [0.25, 0.3) is 0 Å². The highest BCUT2D eigenvalue weighted by Gasteiger charge is 2.51. The predicted molar refractivity (Wildman–Crippen MR) is 71.1 cm³/mol. The van der Waals surface area contributed by atoms with Crippen molar-refractivity contribution in [3.63, 3.8) is 0 Å². The van der Waals surface area contributed by atoms with Crippen molar-refractivity contribution in [2.45, 2.75) is 63.6 Å². The van der Waals surface area contributed by atoms with Gasteiger partial charge < -0.3 is 14.3 Å². The molecule has 2 rings (SSSR count). The maximum atomic E-state index is 11.1. The third-order valence-corrected chi connectivity index (χ3v) is 8.72. The van der Waals surface area contributed by atoms with E-state index in [0.29, 0.717) is 12.0 Å². The fraction of sp³-hybridized carbons (Fsp3) is 0.769. The number of fused-ring (bicyclic) bond motifs is 1. The van der Waals surface area contributed by atoms with E-state index in [-0.39, 0.29) is 23.4 Å². The molecule has 1 fully saturated rings. The first kappa shape index (κ1) is 13.8. The zero-order valence-corrected chi connectivity index (χ0v) is 12.7. The van der Waals surface area contributed by atoms with Crippen molar-refractivity contribution < 1.29 is 19.1 Å². The van der Waals surface area contributed by atoms with E-state index < -0.39 is 14.3 Å². The van der Waals surface area contributed by atoms with Crippen LogP contribution in [0.15, 0.2) is 11.6 Å². The molecule has 4 nitrogen and oxygen atoms in total. The van der Waals surface area contributed by atoms with Crippen LogP contribution in [0.5, 0.6) is 0 Å². The van der Waals surface area contributed by atoms with Crippen LogP contribution in [0.1, 0.15) is 27.2 Å². The van der Waals surface area contributed by atoms with Gasteiger partial charge in [-0.15, -0.1) is 0 Å². The zero-order valence-electron chi connectivity index (χ0n) is 11.7. The zero-order chi connectivity index (χ0) is 13.7. The predicted octanol–water partition coefficient (Wildman–Crippen LogP) is 2.56. The summed E-state index contributed by atoms with van der Waals surface area (Å²) in [6.07, 6.45) is 2.20. The summed E-state index contributed by atoms with van der Waals surface area (Å²) in [5, 5.41) is 9.20. The molecule has 102 valence electrons. The molecule has 0 aromatic heterocycles.